The van der Waals surface area contributed by atoms with Crippen LogP contribution in [0.15, 0.2) is 30.3 Å². The fourth-order valence-electron chi connectivity index (χ4n) is 3.43. The number of rotatable bonds is 2. The van der Waals surface area contributed by atoms with E-state index in [0.717, 1.165) is 19.3 Å². The zero-order chi connectivity index (χ0) is 16.0. The Hall–Kier alpha value is -1.77. The minimum absolute atomic E-state index is 0.255. The average Bonchev–Trinajstić information content (AvgIpc) is 2.29. The summed E-state index contributed by atoms with van der Waals surface area (Å²) in [5.74, 6) is 0. The lowest BCUT2D eigenvalue weighted by Crippen LogP contribution is -2.53. The van der Waals surface area contributed by atoms with Gasteiger partial charge < -0.3 is 10.1 Å². The molecule has 0 heterocycles. The molecule has 0 bridgehead atoms. The van der Waals surface area contributed by atoms with E-state index >= 15 is 0 Å². The normalized spacial score (nSPS) is 26.7. The highest BCUT2D eigenvalue weighted by atomic mass is 16.6. The number of benzene rings is 1. The Morgan fingerprint density at radius 3 is 2.36 bits per heavy atom. The SMILES string of the molecule is Cc1ccc(C2=CC3(C2)CC(NC(=O)OC(C)(C)C)C3)cc1. The van der Waals surface area contributed by atoms with Gasteiger partial charge in [-0.25, -0.2) is 4.79 Å². The number of hydrogen-bond donors (Lipinski definition) is 1. The van der Waals surface area contributed by atoms with Crippen LogP contribution in [0.3, 0.4) is 0 Å². The largest absolute Gasteiger partial charge is 0.444 e. The Balaban J connectivity index is 1.50. The number of carbonyl (C=O) groups is 1. The van der Waals surface area contributed by atoms with Crippen molar-refractivity contribution >= 4 is 11.7 Å². The topological polar surface area (TPSA) is 38.3 Å². The van der Waals surface area contributed by atoms with Crippen LogP contribution in [0.4, 0.5) is 4.79 Å². The molecule has 1 spiro atoms. The number of alkyl carbamates (subject to hydrolysis) is 1. The highest BCUT2D eigenvalue weighted by Gasteiger charge is 2.48. The van der Waals surface area contributed by atoms with Crippen molar-refractivity contribution in [2.24, 2.45) is 5.41 Å². The lowest BCUT2D eigenvalue weighted by molar-refractivity contribution is 0.0393. The van der Waals surface area contributed by atoms with Crippen molar-refractivity contribution in [3.8, 4) is 0 Å². The van der Waals surface area contributed by atoms with Crippen molar-refractivity contribution in [2.45, 2.75) is 58.6 Å². The Bertz CT molecular complexity index is 601. The highest BCUT2D eigenvalue weighted by Crippen LogP contribution is 2.56. The second-order valence-corrected chi connectivity index (χ2v) is 7.83. The van der Waals surface area contributed by atoms with Gasteiger partial charge in [-0.15, -0.1) is 0 Å². The third kappa shape index (κ3) is 3.18. The van der Waals surface area contributed by atoms with E-state index in [1.165, 1.54) is 16.7 Å². The molecule has 3 heteroatoms. The third-order valence-electron chi connectivity index (χ3n) is 4.47. The van der Waals surface area contributed by atoms with Crippen molar-refractivity contribution in [1.82, 2.24) is 5.32 Å². The number of allylic oxidation sites excluding steroid dienone is 2. The summed E-state index contributed by atoms with van der Waals surface area (Å²) in [4.78, 5) is 11.7. The van der Waals surface area contributed by atoms with Gasteiger partial charge in [0.25, 0.3) is 0 Å². The Morgan fingerprint density at radius 2 is 1.82 bits per heavy atom. The molecule has 1 amide bonds. The smallest absolute Gasteiger partial charge is 0.407 e. The van der Waals surface area contributed by atoms with E-state index in [0.29, 0.717) is 5.41 Å². The third-order valence-corrected chi connectivity index (χ3v) is 4.47. The molecule has 0 unspecified atom stereocenters. The number of hydrogen-bond acceptors (Lipinski definition) is 2. The van der Waals surface area contributed by atoms with Gasteiger partial charge in [-0.2, -0.15) is 0 Å². The van der Waals surface area contributed by atoms with Crippen LogP contribution in [-0.4, -0.2) is 17.7 Å². The maximum Gasteiger partial charge on any atom is 0.407 e. The van der Waals surface area contributed by atoms with Gasteiger partial charge in [0.15, 0.2) is 0 Å². The first-order chi connectivity index (χ1) is 10.2. The number of amides is 1. The van der Waals surface area contributed by atoms with Crippen molar-refractivity contribution in [3.05, 3.63) is 41.5 Å². The van der Waals surface area contributed by atoms with E-state index in [4.69, 9.17) is 4.74 Å². The summed E-state index contributed by atoms with van der Waals surface area (Å²) in [6.45, 7) is 7.77. The Kier molecular flexibility index (Phi) is 3.54. The molecule has 3 nitrogen and oxygen atoms in total. The Morgan fingerprint density at radius 1 is 1.23 bits per heavy atom. The lowest BCUT2D eigenvalue weighted by Gasteiger charge is -2.52. The number of carbonyl (C=O) groups excluding carboxylic acids is 1. The quantitative estimate of drug-likeness (QED) is 0.876. The van der Waals surface area contributed by atoms with Crippen LogP contribution in [0.2, 0.25) is 0 Å². The summed E-state index contributed by atoms with van der Waals surface area (Å²) in [7, 11) is 0. The summed E-state index contributed by atoms with van der Waals surface area (Å²) in [5.41, 5.74) is 3.96. The van der Waals surface area contributed by atoms with Crippen molar-refractivity contribution in [3.63, 3.8) is 0 Å². The van der Waals surface area contributed by atoms with Crippen molar-refractivity contribution in [1.29, 1.82) is 0 Å². The molecule has 1 N–H and O–H groups in total. The van der Waals surface area contributed by atoms with Crippen LogP contribution in [0, 0.1) is 12.3 Å². The summed E-state index contributed by atoms with van der Waals surface area (Å²) in [6.07, 6.45) is 5.28. The number of ether oxygens (including phenoxy) is 1. The van der Waals surface area contributed by atoms with Crippen molar-refractivity contribution in [2.75, 3.05) is 0 Å². The van der Waals surface area contributed by atoms with Gasteiger partial charge in [0, 0.05) is 6.04 Å². The summed E-state index contributed by atoms with van der Waals surface area (Å²) < 4.78 is 5.30. The molecule has 1 aromatic rings. The molecule has 0 radical (unpaired) electrons. The number of nitrogens with one attached hydrogen (secondary N) is 1. The second-order valence-electron chi connectivity index (χ2n) is 7.83. The molecule has 0 saturated heterocycles. The van der Waals surface area contributed by atoms with Crippen molar-refractivity contribution < 1.29 is 9.53 Å². The molecule has 1 fully saturated rings. The molecule has 0 aliphatic heterocycles. The van der Waals surface area contributed by atoms with Crippen LogP contribution >= 0.6 is 0 Å². The van der Waals surface area contributed by atoms with Crippen LogP contribution < -0.4 is 5.32 Å². The fourth-order valence-corrected chi connectivity index (χ4v) is 3.43. The number of aryl methyl sites for hydroxylation is 1. The van der Waals surface area contributed by atoms with Crippen LogP contribution in [-0.2, 0) is 4.74 Å². The standard InChI is InChI=1S/C19H25NO2/c1-13-5-7-14(8-6-13)15-9-19(10-15)11-16(12-19)20-17(21)22-18(2,3)4/h5-9,16H,10-12H2,1-4H3,(H,20,21). The summed E-state index contributed by atoms with van der Waals surface area (Å²) >= 11 is 0. The van der Waals surface area contributed by atoms with Gasteiger partial charge in [-0.1, -0.05) is 35.9 Å². The second kappa shape index (κ2) is 5.15. The summed E-state index contributed by atoms with van der Waals surface area (Å²) in [5, 5.41) is 2.97. The molecular weight excluding hydrogens is 274 g/mol. The van der Waals surface area contributed by atoms with E-state index in [2.05, 4.69) is 42.6 Å². The first-order valence-electron chi connectivity index (χ1n) is 8.03. The van der Waals surface area contributed by atoms with Crippen LogP contribution in [0.1, 0.15) is 51.2 Å². The maximum atomic E-state index is 11.7. The highest BCUT2D eigenvalue weighted by molar-refractivity contribution is 5.74. The predicted octanol–water partition coefficient (Wildman–Crippen LogP) is 4.46. The fraction of sp³-hybridized carbons (Fsp3) is 0.526. The van der Waals surface area contributed by atoms with E-state index in [1.807, 2.05) is 20.8 Å². The molecule has 1 aromatic carbocycles. The molecule has 0 aromatic heterocycles. The summed E-state index contributed by atoms with van der Waals surface area (Å²) in [6, 6.07) is 8.97. The molecule has 2 aliphatic carbocycles. The first-order valence-corrected chi connectivity index (χ1v) is 8.03. The minimum atomic E-state index is -0.430. The average molecular weight is 299 g/mol. The van der Waals surface area contributed by atoms with E-state index < -0.39 is 5.60 Å². The van der Waals surface area contributed by atoms with Gasteiger partial charge in [0.2, 0.25) is 0 Å². The molecule has 22 heavy (non-hydrogen) atoms. The first kappa shape index (κ1) is 15.1. The monoisotopic (exact) mass is 299 g/mol. The molecule has 2 aliphatic rings. The molecule has 118 valence electrons. The lowest BCUT2D eigenvalue weighted by atomic mass is 9.55. The zero-order valence-corrected chi connectivity index (χ0v) is 13.9. The minimum Gasteiger partial charge on any atom is -0.444 e. The molecule has 1 saturated carbocycles. The predicted molar refractivity (Wildman–Crippen MR) is 88.6 cm³/mol. The van der Waals surface area contributed by atoms with Gasteiger partial charge in [-0.3, -0.25) is 0 Å². The van der Waals surface area contributed by atoms with Gasteiger partial charge >= 0.3 is 6.09 Å². The Labute approximate surface area is 132 Å². The van der Waals surface area contributed by atoms with Gasteiger partial charge in [0.05, 0.1) is 0 Å². The van der Waals surface area contributed by atoms with E-state index in [9.17, 15) is 4.79 Å². The van der Waals surface area contributed by atoms with Gasteiger partial charge in [-0.05, 0) is 63.5 Å². The van der Waals surface area contributed by atoms with Crippen LogP contribution in [0.25, 0.3) is 5.57 Å². The van der Waals surface area contributed by atoms with Gasteiger partial charge in [0.1, 0.15) is 5.60 Å². The zero-order valence-electron chi connectivity index (χ0n) is 13.9. The maximum absolute atomic E-state index is 11.7. The molecular formula is C19H25NO2. The molecule has 3 rings (SSSR count). The van der Waals surface area contributed by atoms with E-state index in [1.54, 1.807) is 0 Å². The molecule has 0 atom stereocenters. The van der Waals surface area contributed by atoms with Crippen LogP contribution in [0.5, 0.6) is 0 Å². The van der Waals surface area contributed by atoms with E-state index in [-0.39, 0.29) is 12.1 Å².